The lowest BCUT2D eigenvalue weighted by atomic mass is 10.0. The van der Waals surface area contributed by atoms with Crippen LogP contribution in [0.5, 0.6) is 0 Å². The molecule has 32 heavy (non-hydrogen) atoms. The molecule has 0 radical (unpaired) electrons. The second kappa shape index (κ2) is 9.57. The number of carboxylic acids is 1. The highest BCUT2D eigenvalue weighted by atomic mass is 32.1. The van der Waals surface area contributed by atoms with Gasteiger partial charge in [-0.25, -0.2) is 14.8 Å². The van der Waals surface area contributed by atoms with Gasteiger partial charge in [0.05, 0.1) is 16.6 Å². The van der Waals surface area contributed by atoms with Crippen molar-refractivity contribution in [2.45, 2.75) is 19.8 Å². The zero-order chi connectivity index (χ0) is 22.5. The minimum absolute atomic E-state index is 0.0728. The van der Waals surface area contributed by atoms with Gasteiger partial charge in [0, 0.05) is 23.4 Å². The van der Waals surface area contributed by atoms with Crippen LogP contribution >= 0.6 is 11.3 Å². The predicted octanol–water partition coefficient (Wildman–Crippen LogP) is 5.20. The Hall–Kier alpha value is -3.78. The predicted molar refractivity (Wildman–Crippen MR) is 127 cm³/mol. The number of nitrogens with zero attached hydrogens (tertiary/aromatic N) is 2. The molecule has 0 saturated heterocycles. The van der Waals surface area contributed by atoms with E-state index in [4.69, 9.17) is 0 Å². The van der Waals surface area contributed by atoms with Crippen molar-refractivity contribution in [2.75, 3.05) is 17.2 Å². The summed E-state index contributed by atoms with van der Waals surface area (Å²) < 4.78 is 0. The van der Waals surface area contributed by atoms with Crippen LogP contribution in [0.4, 0.5) is 11.5 Å². The average Bonchev–Trinajstić information content (AvgIpc) is 3.14. The zero-order valence-electron chi connectivity index (χ0n) is 17.5. The Morgan fingerprint density at radius 1 is 1.03 bits per heavy atom. The molecule has 2 aromatic carbocycles. The van der Waals surface area contributed by atoms with Crippen molar-refractivity contribution in [3.05, 3.63) is 71.4 Å². The van der Waals surface area contributed by atoms with Gasteiger partial charge >= 0.3 is 5.97 Å². The smallest absolute Gasteiger partial charge is 0.337 e. The van der Waals surface area contributed by atoms with Crippen LogP contribution < -0.4 is 10.6 Å². The SMILES string of the molecule is Cc1sc2ncnc(NCCCC(=O)Nc3ccccc3C(=O)O)c2c1-c1ccccc1. The molecule has 2 heterocycles. The lowest BCUT2D eigenvalue weighted by molar-refractivity contribution is -0.116. The van der Waals surface area contributed by atoms with Crippen LogP contribution in [0.3, 0.4) is 0 Å². The Morgan fingerprint density at radius 3 is 2.56 bits per heavy atom. The minimum Gasteiger partial charge on any atom is -0.478 e. The first kappa shape index (κ1) is 21.5. The maximum Gasteiger partial charge on any atom is 0.337 e. The maximum absolute atomic E-state index is 12.3. The highest BCUT2D eigenvalue weighted by Gasteiger charge is 2.16. The van der Waals surface area contributed by atoms with Crippen LogP contribution in [-0.4, -0.2) is 33.5 Å². The van der Waals surface area contributed by atoms with Crippen molar-refractivity contribution >= 4 is 44.9 Å². The molecule has 0 spiro atoms. The van der Waals surface area contributed by atoms with Crippen LogP contribution in [0.2, 0.25) is 0 Å². The lowest BCUT2D eigenvalue weighted by Crippen LogP contribution is -2.16. The van der Waals surface area contributed by atoms with Crippen molar-refractivity contribution < 1.29 is 14.7 Å². The molecule has 0 saturated carbocycles. The average molecular weight is 447 g/mol. The summed E-state index contributed by atoms with van der Waals surface area (Å²) in [5.41, 5.74) is 2.61. The first-order chi connectivity index (χ1) is 15.5. The number of carboxylic acid groups (broad SMARTS) is 1. The van der Waals surface area contributed by atoms with Crippen LogP contribution in [0.25, 0.3) is 21.3 Å². The van der Waals surface area contributed by atoms with Gasteiger partial charge in [-0.1, -0.05) is 42.5 Å². The summed E-state index contributed by atoms with van der Waals surface area (Å²) in [6.07, 6.45) is 2.37. The van der Waals surface area contributed by atoms with E-state index in [2.05, 4.69) is 39.7 Å². The summed E-state index contributed by atoms with van der Waals surface area (Å²) in [6.45, 7) is 2.63. The Kier molecular flexibility index (Phi) is 6.42. The van der Waals surface area contributed by atoms with Crippen molar-refractivity contribution in [2.24, 2.45) is 0 Å². The molecule has 162 valence electrons. The molecule has 3 N–H and O–H groups in total. The van der Waals surface area contributed by atoms with Gasteiger partial charge in [0.15, 0.2) is 0 Å². The molecule has 2 aromatic heterocycles. The third kappa shape index (κ3) is 4.60. The number of benzene rings is 2. The summed E-state index contributed by atoms with van der Waals surface area (Å²) in [7, 11) is 0. The molecule has 4 rings (SSSR count). The molecule has 0 unspecified atom stereocenters. The molecule has 1 amide bonds. The number of anilines is 2. The Morgan fingerprint density at radius 2 is 1.78 bits per heavy atom. The maximum atomic E-state index is 12.3. The van der Waals surface area contributed by atoms with E-state index in [-0.39, 0.29) is 17.9 Å². The van der Waals surface area contributed by atoms with Crippen LogP contribution in [-0.2, 0) is 4.79 Å². The van der Waals surface area contributed by atoms with E-state index < -0.39 is 5.97 Å². The molecule has 0 atom stereocenters. The fourth-order valence-corrected chi connectivity index (χ4v) is 4.59. The molecule has 0 aliphatic carbocycles. The van der Waals surface area contributed by atoms with E-state index in [1.165, 1.54) is 10.9 Å². The van der Waals surface area contributed by atoms with Gasteiger partial charge in [-0.3, -0.25) is 4.79 Å². The number of thiophene rings is 1. The normalized spacial score (nSPS) is 10.8. The molecule has 0 fully saturated rings. The summed E-state index contributed by atoms with van der Waals surface area (Å²) in [5, 5.41) is 16.3. The fourth-order valence-electron chi connectivity index (χ4n) is 3.58. The Balaban J connectivity index is 1.42. The van der Waals surface area contributed by atoms with Gasteiger partial charge in [0.1, 0.15) is 17.0 Å². The summed E-state index contributed by atoms with van der Waals surface area (Å²) in [6, 6.07) is 16.5. The molecular weight excluding hydrogens is 424 g/mol. The fraction of sp³-hybridized carbons (Fsp3) is 0.167. The second-order valence-electron chi connectivity index (χ2n) is 7.23. The van der Waals surface area contributed by atoms with Crippen molar-refractivity contribution in [1.82, 2.24) is 9.97 Å². The van der Waals surface area contributed by atoms with Crippen LogP contribution in [0.15, 0.2) is 60.9 Å². The molecule has 4 aromatic rings. The second-order valence-corrected chi connectivity index (χ2v) is 8.43. The number of fused-ring (bicyclic) bond motifs is 1. The standard InChI is InChI=1S/C24H22N4O3S/c1-15-20(16-8-3-2-4-9-16)21-22(26-14-27-23(21)32-15)25-13-7-12-19(29)28-18-11-6-5-10-17(18)24(30)31/h2-6,8-11,14H,7,12-13H2,1H3,(H,28,29)(H,30,31)(H,25,26,27). The van der Waals surface area contributed by atoms with Gasteiger partial charge < -0.3 is 15.7 Å². The van der Waals surface area contributed by atoms with E-state index in [1.807, 2.05) is 18.2 Å². The summed E-state index contributed by atoms with van der Waals surface area (Å²) in [5.74, 6) is -0.560. The van der Waals surface area contributed by atoms with E-state index >= 15 is 0 Å². The third-order valence-electron chi connectivity index (χ3n) is 5.03. The number of rotatable bonds is 8. The number of aryl methyl sites for hydroxylation is 1. The molecule has 0 bridgehead atoms. The number of para-hydroxylation sites is 1. The topological polar surface area (TPSA) is 104 Å². The van der Waals surface area contributed by atoms with Crippen LogP contribution in [0.1, 0.15) is 28.1 Å². The van der Waals surface area contributed by atoms with E-state index in [0.29, 0.717) is 18.7 Å². The number of carbonyl (C=O) groups excluding carboxylic acids is 1. The molecular formula is C24H22N4O3S. The first-order valence-corrected chi connectivity index (χ1v) is 11.0. The van der Waals surface area contributed by atoms with Gasteiger partial charge in [0.2, 0.25) is 5.91 Å². The number of aromatic carboxylic acids is 1. The molecule has 8 heteroatoms. The summed E-state index contributed by atoms with van der Waals surface area (Å²) >= 11 is 1.63. The number of hydrogen-bond acceptors (Lipinski definition) is 6. The number of amides is 1. The van der Waals surface area contributed by atoms with Crippen molar-refractivity contribution in [1.29, 1.82) is 0 Å². The summed E-state index contributed by atoms with van der Waals surface area (Å²) in [4.78, 5) is 34.5. The number of nitrogens with one attached hydrogen (secondary N) is 2. The zero-order valence-corrected chi connectivity index (χ0v) is 18.3. The largest absolute Gasteiger partial charge is 0.478 e. The number of aromatic nitrogens is 2. The van der Waals surface area contributed by atoms with Gasteiger partial charge in [0.25, 0.3) is 0 Å². The monoisotopic (exact) mass is 446 g/mol. The quantitative estimate of drug-likeness (QED) is 0.322. The van der Waals surface area contributed by atoms with Crippen molar-refractivity contribution in [3.63, 3.8) is 0 Å². The van der Waals surface area contributed by atoms with E-state index in [0.717, 1.165) is 27.2 Å². The number of carbonyl (C=O) groups is 2. The molecule has 7 nitrogen and oxygen atoms in total. The highest BCUT2D eigenvalue weighted by Crippen LogP contribution is 2.40. The third-order valence-corrected chi connectivity index (χ3v) is 6.04. The highest BCUT2D eigenvalue weighted by molar-refractivity contribution is 7.19. The minimum atomic E-state index is -1.07. The molecule has 0 aliphatic rings. The lowest BCUT2D eigenvalue weighted by Gasteiger charge is -2.10. The number of hydrogen-bond donors (Lipinski definition) is 3. The van der Waals surface area contributed by atoms with E-state index in [1.54, 1.807) is 35.9 Å². The van der Waals surface area contributed by atoms with Gasteiger partial charge in [-0.15, -0.1) is 11.3 Å². The van der Waals surface area contributed by atoms with Crippen molar-refractivity contribution in [3.8, 4) is 11.1 Å². The van der Waals surface area contributed by atoms with Crippen LogP contribution in [0, 0.1) is 6.92 Å². The first-order valence-electron chi connectivity index (χ1n) is 10.2. The Labute approximate surface area is 189 Å². The molecule has 0 aliphatic heterocycles. The van der Waals surface area contributed by atoms with E-state index in [9.17, 15) is 14.7 Å². The van der Waals surface area contributed by atoms with Gasteiger partial charge in [-0.2, -0.15) is 0 Å². The Bertz CT molecular complexity index is 1270. The van der Waals surface area contributed by atoms with Gasteiger partial charge in [-0.05, 0) is 31.0 Å².